The molecule has 4 nitrogen and oxygen atoms in total. The fourth-order valence-corrected chi connectivity index (χ4v) is 2.48. The maximum Gasteiger partial charge on any atom is 0.203 e. The molecule has 0 amide bonds. The average molecular weight is 371 g/mol. The molecule has 0 fully saturated rings. The summed E-state index contributed by atoms with van der Waals surface area (Å²) in [5.74, 6) is 1.95. The number of benzene rings is 2. The minimum Gasteiger partial charge on any atom is -1.00 e. The Kier molecular flexibility index (Phi) is 8.76. The van der Waals surface area contributed by atoms with E-state index < -0.39 is 0 Å². The van der Waals surface area contributed by atoms with Crippen LogP contribution in [0, 0.1) is 0 Å². The maximum atomic E-state index is 5.89. The van der Waals surface area contributed by atoms with E-state index in [0.29, 0.717) is 17.2 Å². The molecule has 24 heavy (non-hydrogen) atoms. The predicted molar refractivity (Wildman–Crippen MR) is 93.0 cm³/mol. The summed E-state index contributed by atoms with van der Waals surface area (Å²) in [7, 11) is 4.84. The van der Waals surface area contributed by atoms with Crippen molar-refractivity contribution in [3.05, 3.63) is 52.5 Å². The Morgan fingerprint density at radius 1 is 0.875 bits per heavy atom. The fourth-order valence-electron chi connectivity index (χ4n) is 2.35. The monoisotopic (exact) mass is 370 g/mol. The van der Waals surface area contributed by atoms with Crippen LogP contribution >= 0.6 is 11.6 Å². The van der Waals surface area contributed by atoms with Gasteiger partial charge in [-0.05, 0) is 48.4 Å². The Bertz CT molecular complexity index is 608. The van der Waals surface area contributed by atoms with Gasteiger partial charge in [0.25, 0.3) is 0 Å². The molecule has 0 spiro atoms. The summed E-state index contributed by atoms with van der Waals surface area (Å²) in [6, 6.07) is 11.8. The van der Waals surface area contributed by atoms with Crippen molar-refractivity contribution < 1.29 is 26.6 Å². The quantitative estimate of drug-likeness (QED) is 0.694. The summed E-state index contributed by atoms with van der Waals surface area (Å²) in [6.45, 7) is 1.60. The van der Waals surface area contributed by atoms with Crippen molar-refractivity contribution in [1.29, 1.82) is 0 Å². The molecule has 0 aliphatic rings. The first-order valence-corrected chi connectivity index (χ1v) is 7.79. The van der Waals surface area contributed by atoms with Gasteiger partial charge in [-0.2, -0.15) is 0 Å². The van der Waals surface area contributed by atoms with Gasteiger partial charge >= 0.3 is 0 Å². The van der Waals surface area contributed by atoms with Crippen molar-refractivity contribution in [3.63, 3.8) is 0 Å². The van der Waals surface area contributed by atoms with Crippen molar-refractivity contribution in [2.45, 2.75) is 13.0 Å². The van der Waals surface area contributed by atoms with E-state index in [9.17, 15) is 0 Å². The molecular weight excluding hydrogens is 349 g/mol. The maximum absolute atomic E-state index is 5.89. The van der Waals surface area contributed by atoms with Crippen LogP contribution in [-0.2, 0) is 13.0 Å². The molecular formula is C18H22Cl2NO3-. The zero-order valence-electron chi connectivity index (χ0n) is 14.1. The van der Waals surface area contributed by atoms with Crippen LogP contribution in [0.1, 0.15) is 11.1 Å². The van der Waals surface area contributed by atoms with Crippen molar-refractivity contribution in [3.8, 4) is 17.2 Å². The number of nitrogens with one attached hydrogen (secondary N) is 1. The molecule has 0 atom stereocenters. The van der Waals surface area contributed by atoms with Crippen LogP contribution in [0.4, 0.5) is 0 Å². The van der Waals surface area contributed by atoms with Gasteiger partial charge in [0.15, 0.2) is 11.5 Å². The Morgan fingerprint density at radius 3 is 1.96 bits per heavy atom. The van der Waals surface area contributed by atoms with Crippen molar-refractivity contribution in [1.82, 2.24) is 5.32 Å². The molecule has 2 rings (SSSR count). The third-order valence-electron chi connectivity index (χ3n) is 3.56. The molecule has 6 heteroatoms. The highest BCUT2D eigenvalue weighted by molar-refractivity contribution is 6.30. The highest BCUT2D eigenvalue weighted by Gasteiger charge is 2.12. The van der Waals surface area contributed by atoms with Gasteiger partial charge < -0.3 is 31.9 Å². The standard InChI is InChI=1S/C18H22ClNO3.ClH/c1-21-16-10-14(11-17(22-2)18(16)23-3)12-20-9-8-13-4-6-15(19)7-5-13;/h4-7,10-11,20H,8-9,12H2,1-3H3;1H/p-1. The first-order valence-electron chi connectivity index (χ1n) is 7.42. The molecule has 132 valence electrons. The third-order valence-corrected chi connectivity index (χ3v) is 3.81. The van der Waals surface area contributed by atoms with Gasteiger partial charge in [-0.1, -0.05) is 23.7 Å². The van der Waals surface area contributed by atoms with Gasteiger partial charge in [-0.15, -0.1) is 0 Å². The molecule has 2 aromatic rings. The Morgan fingerprint density at radius 2 is 1.46 bits per heavy atom. The second-order valence-corrected chi connectivity index (χ2v) is 5.52. The van der Waals surface area contributed by atoms with E-state index in [1.165, 1.54) is 5.56 Å². The average Bonchev–Trinajstić information content (AvgIpc) is 2.59. The van der Waals surface area contributed by atoms with Crippen LogP contribution in [0.15, 0.2) is 36.4 Å². The van der Waals surface area contributed by atoms with E-state index in [2.05, 4.69) is 5.32 Å². The van der Waals surface area contributed by atoms with E-state index in [0.717, 1.165) is 30.1 Å². The minimum absolute atomic E-state index is 0. The Labute approximate surface area is 154 Å². The minimum atomic E-state index is 0. The highest BCUT2D eigenvalue weighted by atomic mass is 35.5. The fraction of sp³-hybridized carbons (Fsp3) is 0.333. The number of halogens is 2. The van der Waals surface area contributed by atoms with E-state index in [4.69, 9.17) is 25.8 Å². The van der Waals surface area contributed by atoms with E-state index in [1.807, 2.05) is 36.4 Å². The highest BCUT2D eigenvalue weighted by Crippen LogP contribution is 2.38. The van der Waals surface area contributed by atoms with Crippen LogP contribution in [0.5, 0.6) is 17.2 Å². The lowest BCUT2D eigenvalue weighted by molar-refractivity contribution is -0.00000545. The largest absolute Gasteiger partial charge is 1.00 e. The molecule has 0 unspecified atom stereocenters. The first kappa shape index (κ1) is 20.4. The van der Waals surface area contributed by atoms with Crippen molar-refractivity contribution >= 4 is 11.6 Å². The van der Waals surface area contributed by atoms with Crippen molar-refractivity contribution in [2.75, 3.05) is 27.9 Å². The van der Waals surface area contributed by atoms with Crippen LogP contribution < -0.4 is 31.9 Å². The second kappa shape index (κ2) is 10.3. The molecule has 0 saturated heterocycles. The first-order chi connectivity index (χ1) is 11.2. The molecule has 0 aliphatic heterocycles. The van der Waals surface area contributed by atoms with E-state index in [-0.39, 0.29) is 12.4 Å². The molecule has 0 heterocycles. The van der Waals surface area contributed by atoms with Gasteiger partial charge in [0.05, 0.1) is 21.3 Å². The van der Waals surface area contributed by atoms with E-state index in [1.54, 1.807) is 21.3 Å². The zero-order chi connectivity index (χ0) is 16.7. The van der Waals surface area contributed by atoms with Crippen LogP contribution in [0.2, 0.25) is 5.02 Å². The molecule has 0 bridgehead atoms. The molecule has 1 N–H and O–H groups in total. The molecule has 0 saturated carbocycles. The van der Waals surface area contributed by atoms with Crippen molar-refractivity contribution in [2.24, 2.45) is 0 Å². The van der Waals surface area contributed by atoms with Gasteiger partial charge in [0.1, 0.15) is 0 Å². The topological polar surface area (TPSA) is 39.7 Å². The van der Waals surface area contributed by atoms with Gasteiger partial charge in [-0.25, -0.2) is 0 Å². The lowest BCUT2D eigenvalue weighted by Crippen LogP contribution is -3.00. The second-order valence-electron chi connectivity index (χ2n) is 5.09. The Hall–Kier alpha value is -1.62. The smallest absolute Gasteiger partial charge is 0.203 e. The third kappa shape index (κ3) is 5.48. The van der Waals surface area contributed by atoms with Crippen LogP contribution in [0.3, 0.4) is 0 Å². The molecule has 0 aromatic heterocycles. The number of methoxy groups -OCH3 is 3. The van der Waals surface area contributed by atoms with E-state index >= 15 is 0 Å². The zero-order valence-corrected chi connectivity index (χ0v) is 15.6. The van der Waals surface area contributed by atoms with Gasteiger partial charge in [0.2, 0.25) is 5.75 Å². The number of hydrogen-bond donors (Lipinski definition) is 1. The lowest BCUT2D eigenvalue weighted by Gasteiger charge is -2.14. The number of ether oxygens (including phenoxy) is 3. The normalized spacial score (nSPS) is 10.0. The predicted octanol–water partition coefficient (Wildman–Crippen LogP) is 0.702. The van der Waals surface area contributed by atoms with Crippen LogP contribution in [-0.4, -0.2) is 27.9 Å². The Balaban J connectivity index is 0.00000288. The summed E-state index contributed by atoms with van der Waals surface area (Å²) < 4.78 is 16.0. The van der Waals surface area contributed by atoms with Gasteiger partial charge in [-0.3, -0.25) is 0 Å². The van der Waals surface area contributed by atoms with Gasteiger partial charge in [0, 0.05) is 11.6 Å². The summed E-state index contributed by atoms with van der Waals surface area (Å²) in [6.07, 6.45) is 0.946. The summed E-state index contributed by atoms with van der Waals surface area (Å²) in [5, 5.41) is 4.18. The SMILES string of the molecule is COc1cc(CNCCc2ccc(Cl)cc2)cc(OC)c1OC.[Cl-]. The summed E-state index contributed by atoms with van der Waals surface area (Å²) in [4.78, 5) is 0. The lowest BCUT2D eigenvalue weighted by atomic mass is 10.1. The molecule has 0 radical (unpaired) electrons. The molecule has 0 aliphatic carbocycles. The number of rotatable bonds is 8. The summed E-state index contributed by atoms with van der Waals surface area (Å²) in [5.41, 5.74) is 2.34. The summed E-state index contributed by atoms with van der Waals surface area (Å²) >= 11 is 5.89. The molecule has 2 aromatic carbocycles. The number of hydrogen-bond acceptors (Lipinski definition) is 4. The van der Waals surface area contributed by atoms with Crippen LogP contribution in [0.25, 0.3) is 0 Å².